The first-order chi connectivity index (χ1) is 8.22. The fourth-order valence-electron chi connectivity index (χ4n) is 2.37. The zero-order valence-electron chi connectivity index (χ0n) is 9.78. The molecule has 0 aromatic heterocycles. The third-order valence-electron chi connectivity index (χ3n) is 3.28. The van der Waals surface area contributed by atoms with Crippen LogP contribution in [0.3, 0.4) is 0 Å². The van der Waals surface area contributed by atoms with Crippen LogP contribution in [-0.2, 0) is 9.53 Å². The number of benzene rings is 1. The maximum Gasteiger partial charge on any atom is 0.310 e. The van der Waals surface area contributed by atoms with E-state index in [9.17, 15) is 4.79 Å². The predicted octanol–water partition coefficient (Wildman–Crippen LogP) is 2.21. The van der Waals surface area contributed by atoms with Gasteiger partial charge in [0.25, 0.3) is 0 Å². The molecule has 1 aliphatic rings. The van der Waals surface area contributed by atoms with Gasteiger partial charge in [-0.25, -0.2) is 0 Å². The third-order valence-corrected chi connectivity index (χ3v) is 3.54. The Morgan fingerprint density at radius 3 is 2.76 bits per heavy atom. The molecule has 0 spiro atoms. The number of ether oxygens (including phenoxy) is 1. The quantitative estimate of drug-likeness (QED) is 0.822. The highest BCUT2D eigenvalue weighted by Gasteiger charge is 2.32. The van der Waals surface area contributed by atoms with Crippen molar-refractivity contribution in [2.24, 2.45) is 5.92 Å². The molecule has 92 valence electrons. The van der Waals surface area contributed by atoms with Crippen LogP contribution in [0.5, 0.6) is 0 Å². The largest absolute Gasteiger partial charge is 0.469 e. The van der Waals surface area contributed by atoms with Gasteiger partial charge < -0.3 is 10.1 Å². The Morgan fingerprint density at radius 2 is 2.12 bits per heavy atom. The normalized spacial score (nSPS) is 24.4. The number of rotatable bonds is 2. The number of carbonyl (C=O) groups is 1. The molecule has 1 aliphatic heterocycles. The summed E-state index contributed by atoms with van der Waals surface area (Å²) in [5, 5.41) is 3.95. The SMILES string of the molecule is COC(=O)[C@@H]1CNCCC1c1ccc(Cl)cc1. The maximum atomic E-state index is 11.7. The molecule has 17 heavy (non-hydrogen) atoms. The number of esters is 1. The van der Waals surface area contributed by atoms with E-state index in [0.717, 1.165) is 23.6 Å². The van der Waals surface area contributed by atoms with Crippen LogP contribution >= 0.6 is 11.6 Å². The molecule has 1 aromatic carbocycles. The van der Waals surface area contributed by atoms with E-state index >= 15 is 0 Å². The average molecular weight is 254 g/mol. The molecule has 0 radical (unpaired) electrons. The van der Waals surface area contributed by atoms with Gasteiger partial charge in [0.1, 0.15) is 0 Å². The van der Waals surface area contributed by atoms with E-state index in [0.29, 0.717) is 6.54 Å². The van der Waals surface area contributed by atoms with Gasteiger partial charge in [-0.2, -0.15) is 0 Å². The minimum Gasteiger partial charge on any atom is -0.469 e. The highest BCUT2D eigenvalue weighted by atomic mass is 35.5. The van der Waals surface area contributed by atoms with Crippen LogP contribution in [0.15, 0.2) is 24.3 Å². The second-order valence-corrected chi connectivity index (χ2v) is 4.72. The Kier molecular flexibility index (Phi) is 4.02. The zero-order valence-corrected chi connectivity index (χ0v) is 10.5. The van der Waals surface area contributed by atoms with Crippen LogP contribution < -0.4 is 5.32 Å². The van der Waals surface area contributed by atoms with Gasteiger partial charge in [0.2, 0.25) is 0 Å². The van der Waals surface area contributed by atoms with Crippen LogP contribution in [0.2, 0.25) is 5.02 Å². The Labute approximate surface area is 106 Å². The van der Waals surface area contributed by atoms with Gasteiger partial charge in [-0.15, -0.1) is 0 Å². The van der Waals surface area contributed by atoms with E-state index in [-0.39, 0.29) is 17.8 Å². The molecule has 4 heteroatoms. The van der Waals surface area contributed by atoms with Crippen molar-refractivity contribution in [2.75, 3.05) is 20.2 Å². The minimum atomic E-state index is -0.142. The van der Waals surface area contributed by atoms with Crippen LogP contribution in [0, 0.1) is 5.92 Å². The summed E-state index contributed by atoms with van der Waals surface area (Å²) in [6.07, 6.45) is 0.946. The van der Waals surface area contributed by atoms with Gasteiger partial charge in [0.15, 0.2) is 0 Å². The molecule has 1 saturated heterocycles. The van der Waals surface area contributed by atoms with Crippen molar-refractivity contribution < 1.29 is 9.53 Å². The summed E-state index contributed by atoms with van der Waals surface area (Å²) in [6, 6.07) is 7.73. The first-order valence-electron chi connectivity index (χ1n) is 5.76. The van der Waals surface area contributed by atoms with Crippen molar-refractivity contribution in [3.8, 4) is 0 Å². The molecule has 1 aromatic rings. The van der Waals surface area contributed by atoms with Crippen molar-refractivity contribution in [1.29, 1.82) is 0 Å². The van der Waals surface area contributed by atoms with Crippen molar-refractivity contribution in [1.82, 2.24) is 5.32 Å². The number of piperidine rings is 1. The molecule has 0 amide bonds. The molecular weight excluding hydrogens is 238 g/mol. The molecule has 2 rings (SSSR count). The highest BCUT2D eigenvalue weighted by molar-refractivity contribution is 6.30. The first-order valence-corrected chi connectivity index (χ1v) is 6.14. The minimum absolute atomic E-state index is 0.102. The lowest BCUT2D eigenvalue weighted by Crippen LogP contribution is -2.40. The maximum absolute atomic E-state index is 11.7. The van der Waals surface area contributed by atoms with Crippen LogP contribution in [0.1, 0.15) is 17.9 Å². The summed E-state index contributed by atoms with van der Waals surface area (Å²) in [7, 11) is 1.44. The monoisotopic (exact) mass is 253 g/mol. The number of hydrogen-bond acceptors (Lipinski definition) is 3. The van der Waals surface area contributed by atoms with Gasteiger partial charge in [-0.1, -0.05) is 23.7 Å². The van der Waals surface area contributed by atoms with E-state index in [1.165, 1.54) is 7.11 Å². The molecule has 2 atom stereocenters. The van der Waals surface area contributed by atoms with Gasteiger partial charge in [-0.05, 0) is 36.6 Å². The molecule has 1 fully saturated rings. The van der Waals surface area contributed by atoms with Crippen molar-refractivity contribution >= 4 is 17.6 Å². The highest BCUT2D eigenvalue weighted by Crippen LogP contribution is 2.31. The summed E-state index contributed by atoms with van der Waals surface area (Å²) in [5.74, 6) is -0.0203. The number of nitrogens with one attached hydrogen (secondary N) is 1. The lowest BCUT2D eigenvalue weighted by molar-refractivity contribution is -0.146. The Balaban J connectivity index is 2.21. The van der Waals surface area contributed by atoms with Gasteiger partial charge >= 0.3 is 5.97 Å². The fraction of sp³-hybridized carbons (Fsp3) is 0.462. The summed E-state index contributed by atoms with van der Waals surface area (Å²) in [4.78, 5) is 11.7. The van der Waals surface area contributed by atoms with Crippen LogP contribution in [0.4, 0.5) is 0 Å². The van der Waals surface area contributed by atoms with E-state index in [1.54, 1.807) is 0 Å². The summed E-state index contributed by atoms with van der Waals surface area (Å²) in [6.45, 7) is 1.61. The topological polar surface area (TPSA) is 38.3 Å². The summed E-state index contributed by atoms with van der Waals surface area (Å²) >= 11 is 5.87. The van der Waals surface area contributed by atoms with E-state index in [2.05, 4.69) is 5.32 Å². The fourth-order valence-corrected chi connectivity index (χ4v) is 2.49. The average Bonchev–Trinajstić information content (AvgIpc) is 2.39. The summed E-state index contributed by atoms with van der Waals surface area (Å²) in [5.41, 5.74) is 1.16. The standard InChI is InChI=1S/C13H16ClNO2/c1-17-13(16)12-8-15-7-6-11(12)9-2-4-10(14)5-3-9/h2-5,11-12,15H,6-8H2,1H3/t11?,12-/m1/s1. The molecule has 1 N–H and O–H groups in total. The second kappa shape index (κ2) is 5.52. The number of methoxy groups -OCH3 is 1. The molecule has 0 bridgehead atoms. The first kappa shape index (κ1) is 12.4. The van der Waals surface area contributed by atoms with Crippen LogP contribution in [0.25, 0.3) is 0 Å². The van der Waals surface area contributed by atoms with E-state index < -0.39 is 0 Å². The van der Waals surface area contributed by atoms with Crippen molar-refractivity contribution in [3.63, 3.8) is 0 Å². The van der Waals surface area contributed by atoms with Crippen molar-refractivity contribution in [2.45, 2.75) is 12.3 Å². The lowest BCUT2D eigenvalue weighted by atomic mass is 9.81. The number of hydrogen-bond donors (Lipinski definition) is 1. The molecule has 1 unspecified atom stereocenters. The second-order valence-electron chi connectivity index (χ2n) is 4.28. The predicted molar refractivity (Wildman–Crippen MR) is 67.2 cm³/mol. The smallest absolute Gasteiger partial charge is 0.310 e. The number of halogens is 1. The Morgan fingerprint density at radius 1 is 1.41 bits per heavy atom. The number of carbonyl (C=O) groups excluding carboxylic acids is 1. The Hall–Kier alpha value is -1.06. The van der Waals surface area contributed by atoms with E-state index in [4.69, 9.17) is 16.3 Å². The van der Waals surface area contributed by atoms with Gasteiger partial charge in [-0.3, -0.25) is 4.79 Å². The van der Waals surface area contributed by atoms with E-state index in [1.807, 2.05) is 24.3 Å². The van der Waals surface area contributed by atoms with Crippen LogP contribution in [-0.4, -0.2) is 26.2 Å². The molecule has 1 heterocycles. The summed E-state index contributed by atoms with van der Waals surface area (Å²) < 4.78 is 4.86. The van der Waals surface area contributed by atoms with Crippen molar-refractivity contribution in [3.05, 3.63) is 34.9 Å². The lowest BCUT2D eigenvalue weighted by Gasteiger charge is -2.30. The van der Waals surface area contributed by atoms with Gasteiger partial charge in [0.05, 0.1) is 13.0 Å². The molecular formula is C13H16ClNO2. The molecule has 0 saturated carbocycles. The molecule has 3 nitrogen and oxygen atoms in total. The molecule has 0 aliphatic carbocycles. The Bertz CT molecular complexity index is 391. The third kappa shape index (κ3) is 2.79. The van der Waals surface area contributed by atoms with Gasteiger partial charge in [0, 0.05) is 11.6 Å². The zero-order chi connectivity index (χ0) is 12.3.